The Labute approximate surface area is 123 Å². The van der Waals surface area contributed by atoms with Crippen molar-refractivity contribution in [3.63, 3.8) is 0 Å². The summed E-state index contributed by atoms with van der Waals surface area (Å²) in [6.45, 7) is 2.06. The summed E-state index contributed by atoms with van der Waals surface area (Å²) in [6.07, 6.45) is 0.894. The van der Waals surface area contributed by atoms with Gasteiger partial charge in [0.25, 0.3) is 0 Å². The second kappa shape index (κ2) is 5.33. The first-order valence-electron chi connectivity index (χ1n) is 5.53. The zero-order valence-corrected chi connectivity index (χ0v) is 12.9. The van der Waals surface area contributed by atoms with E-state index in [0.29, 0.717) is 8.95 Å². The molecular formula is C14H12Br2O2. The van der Waals surface area contributed by atoms with E-state index in [1.54, 1.807) is 18.2 Å². The van der Waals surface area contributed by atoms with Crippen molar-refractivity contribution in [2.75, 3.05) is 0 Å². The largest absolute Gasteiger partial charge is 0.507 e. The standard InChI is InChI=1S/C14H12Br2O2/c1-2-8-5-10(14(18)12(16)6-8)9-3-4-13(17)11(15)7-9/h3-7,17-18H,2H2,1H3. The van der Waals surface area contributed by atoms with Crippen molar-refractivity contribution in [2.45, 2.75) is 13.3 Å². The maximum absolute atomic E-state index is 10.1. The topological polar surface area (TPSA) is 40.5 Å². The highest BCUT2D eigenvalue weighted by atomic mass is 79.9. The number of rotatable bonds is 2. The van der Waals surface area contributed by atoms with E-state index < -0.39 is 0 Å². The molecular weight excluding hydrogens is 360 g/mol. The number of benzene rings is 2. The van der Waals surface area contributed by atoms with E-state index in [1.807, 2.05) is 12.1 Å². The minimum atomic E-state index is 0.184. The molecule has 0 fully saturated rings. The Balaban J connectivity index is 2.62. The third-order valence-electron chi connectivity index (χ3n) is 2.79. The number of phenolic OH excluding ortho intramolecular Hbond substituents is 2. The van der Waals surface area contributed by atoms with Crippen molar-refractivity contribution in [1.82, 2.24) is 0 Å². The van der Waals surface area contributed by atoms with Crippen molar-refractivity contribution in [3.8, 4) is 22.6 Å². The molecule has 2 rings (SSSR count). The highest BCUT2D eigenvalue weighted by molar-refractivity contribution is 9.11. The van der Waals surface area contributed by atoms with Crippen LogP contribution in [0, 0.1) is 0 Å². The molecule has 0 unspecified atom stereocenters. The van der Waals surface area contributed by atoms with Crippen LogP contribution in [0.4, 0.5) is 0 Å². The molecule has 0 spiro atoms. The van der Waals surface area contributed by atoms with Gasteiger partial charge in [-0.3, -0.25) is 0 Å². The molecule has 18 heavy (non-hydrogen) atoms. The van der Waals surface area contributed by atoms with Crippen molar-refractivity contribution < 1.29 is 10.2 Å². The van der Waals surface area contributed by atoms with Crippen LogP contribution in [0.3, 0.4) is 0 Å². The summed E-state index contributed by atoms with van der Waals surface area (Å²) in [4.78, 5) is 0. The third kappa shape index (κ3) is 2.54. The number of aryl methyl sites for hydroxylation is 1. The summed E-state index contributed by atoms with van der Waals surface area (Å²) in [5.74, 6) is 0.397. The van der Waals surface area contributed by atoms with Gasteiger partial charge in [-0.1, -0.05) is 13.0 Å². The molecule has 2 aromatic rings. The molecule has 0 heterocycles. The lowest BCUT2D eigenvalue weighted by atomic mass is 10.0. The van der Waals surface area contributed by atoms with Crippen molar-refractivity contribution >= 4 is 31.9 Å². The Hall–Kier alpha value is -1.00. The van der Waals surface area contributed by atoms with Crippen LogP contribution in [0.5, 0.6) is 11.5 Å². The summed E-state index contributed by atoms with van der Waals surface area (Å²) in [6, 6.07) is 9.04. The third-order valence-corrected chi connectivity index (χ3v) is 4.03. The highest BCUT2D eigenvalue weighted by Gasteiger charge is 2.11. The minimum absolute atomic E-state index is 0.184. The van der Waals surface area contributed by atoms with E-state index in [0.717, 1.165) is 23.1 Å². The van der Waals surface area contributed by atoms with Gasteiger partial charge in [0.2, 0.25) is 0 Å². The molecule has 2 N–H and O–H groups in total. The maximum atomic E-state index is 10.1. The van der Waals surface area contributed by atoms with Gasteiger partial charge < -0.3 is 10.2 Å². The molecule has 0 radical (unpaired) electrons. The molecule has 4 heteroatoms. The van der Waals surface area contributed by atoms with Crippen LogP contribution in [0.25, 0.3) is 11.1 Å². The monoisotopic (exact) mass is 370 g/mol. The molecule has 0 aliphatic rings. The predicted octanol–water partition coefficient (Wildman–Crippen LogP) is 4.85. The van der Waals surface area contributed by atoms with Crippen molar-refractivity contribution in [1.29, 1.82) is 0 Å². The fourth-order valence-electron chi connectivity index (χ4n) is 1.75. The molecule has 0 aromatic heterocycles. The molecule has 2 aromatic carbocycles. The first kappa shape index (κ1) is 13.4. The van der Waals surface area contributed by atoms with E-state index in [9.17, 15) is 10.2 Å². The van der Waals surface area contributed by atoms with Gasteiger partial charge in [-0.15, -0.1) is 0 Å². The normalized spacial score (nSPS) is 10.6. The Bertz CT molecular complexity index is 595. The van der Waals surface area contributed by atoms with Gasteiger partial charge in [-0.25, -0.2) is 0 Å². The first-order chi connectivity index (χ1) is 8.52. The summed E-state index contributed by atoms with van der Waals surface area (Å²) >= 11 is 6.64. The van der Waals surface area contributed by atoms with E-state index >= 15 is 0 Å². The molecule has 0 atom stereocenters. The van der Waals surface area contributed by atoms with Gasteiger partial charge in [0, 0.05) is 5.56 Å². The summed E-state index contributed by atoms with van der Waals surface area (Å²) in [7, 11) is 0. The lowest BCUT2D eigenvalue weighted by molar-refractivity contribution is 0.470. The lowest BCUT2D eigenvalue weighted by Gasteiger charge is -2.10. The Morgan fingerprint density at radius 3 is 2.33 bits per heavy atom. The first-order valence-corrected chi connectivity index (χ1v) is 7.11. The van der Waals surface area contributed by atoms with Crippen LogP contribution in [-0.2, 0) is 6.42 Å². The predicted molar refractivity (Wildman–Crippen MR) is 80.0 cm³/mol. The summed E-state index contributed by atoms with van der Waals surface area (Å²) in [5.41, 5.74) is 2.74. The zero-order valence-electron chi connectivity index (χ0n) is 9.74. The maximum Gasteiger partial charge on any atom is 0.137 e. The summed E-state index contributed by atoms with van der Waals surface area (Å²) in [5, 5.41) is 19.6. The van der Waals surface area contributed by atoms with Crippen LogP contribution in [0.1, 0.15) is 12.5 Å². The van der Waals surface area contributed by atoms with Gasteiger partial charge in [0.1, 0.15) is 11.5 Å². The average Bonchev–Trinajstić information content (AvgIpc) is 2.36. The molecule has 0 saturated heterocycles. The van der Waals surface area contributed by atoms with Gasteiger partial charge >= 0.3 is 0 Å². The fourth-order valence-corrected chi connectivity index (χ4v) is 2.64. The van der Waals surface area contributed by atoms with Gasteiger partial charge in [0.05, 0.1) is 8.95 Å². The number of phenols is 2. The van der Waals surface area contributed by atoms with E-state index in [-0.39, 0.29) is 11.5 Å². The lowest BCUT2D eigenvalue weighted by Crippen LogP contribution is -1.86. The number of aromatic hydroxyl groups is 2. The van der Waals surface area contributed by atoms with Crippen LogP contribution >= 0.6 is 31.9 Å². The minimum Gasteiger partial charge on any atom is -0.507 e. The van der Waals surface area contributed by atoms with Crippen LogP contribution in [-0.4, -0.2) is 10.2 Å². The number of halogens is 2. The van der Waals surface area contributed by atoms with Gasteiger partial charge in [0.15, 0.2) is 0 Å². The molecule has 2 nitrogen and oxygen atoms in total. The zero-order chi connectivity index (χ0) is 13.3. The Morgan fingerprint density at radius 2 is 1.72 bits per heavy atom. The second-order valence-corrected chi connectivity index (χ2v) is 5.70. The number of hydrogen-bond donors (Lipinski definition) is 2. The summed E-state index contributed by atoms with van der Waals surface area (Å²) < 4.78 is 1.29. The fraction of sp³-hybridized carbons (Fsp3) is 0.143. The Kier molecular flexibility index (Phi) is 3.97. The average molecular weight is 372 g/mol. The van der Waals surface area contributed by atoms with Crippen LogP contribution in [0.15, 0.2) is 39.3 Å². The molecule has 0 saturated carbocycles. The van der Waals surface area contributed by atoms with E-state index in [4.69, 9.17) is 0 Å². The van der Waals surface area contributed by atoms with Crippen molar-refractivity contribution in [2.24, 2.45) is 0 Å². The Morgan fingerprint density at radius 1 is 1.00 bits per heavy atom. The van der Waals surface area contributed by atoms with Crippen molar-refractivity contribution in [3.05, 3.63) is 44.8 Å². The highest BCUT2D eigenvalue weighted by Crippen LogP contribution is 2.39. The molecule has 0 bridgehead atoms. The van der Waals surface area contributed by atoms with E-state index in [1.165, 1.54) is 0 Å². The van der Waals surface area contributed by atoms with Crippen LogP contribution < -0.4 is 0 Å². The van der Waals surface area contributed by atoms with Gasteiger partial charge in [-0.05, 0) is 73.7 Å². The molecule has 94 valence electrons. The smallest absolute Gasteiger partial charge is 0.137 e. The van der Waals surface area contributed by atoms with Crippen LogP contribution in [0.2, 0.25) is 0 Å². The SMILES string of the molecule is CCc1cc(Br)c(O)c(-c2ccc(O)c(Br)c2)c1. The quantitative estimate of drug-likeness (QED) is 0.791. The second-order valence-electron chi connectivity index (χ2n) is 3.99. The van der Waals surface area contributed by atoms with Gasteiger partial charge in [-0.2, -0.15) is 0 Å². The van der Waals surface area contributed by atoms with E-state index in [2.05, 4.69) is 38.8 Å². The molecule has 0 aliphatic heterocycles. The molecule has 0 aliphatic carbocycles. The number of hydrogen-bond acceptors (Lipinski definition) is 2. The molecule has 0 amide bonds.